The fourth-order valence-corrected chi connectivity index (χ4v) is 6.35. The smallest absolute Gasteiger partial charge is 0.165 e. The van der Waals surface area contributed by atoms with E-state index in [1.54, 1.807) is 0 Å². The van der Waals surface area contributed by atoms with Gasteiger partial charge in [-0.2, -0.15) is 0 Å². The van der Waals surface area contributed by atoms with Crippen molar-refractivity contribution in [1.82, 2.24) is 19.4 Å². The molecule has 0 N–H and O–H groups in total. The third-order valence-electron chi connectivity index (χ3n) is 8.08. The van der Waals surface area contributed by atoms with E-state index in [9.17, 15) is 0 Å². The molecule has 0 aliphatic heterocycles. The molecule has 169 valence electrons. The molecule has 33 heavy (non-hydrogen) atoms. The molecule has 1 saturated carbocycles. The molecular weight excluding hydrogens is 403 g/mol. The van der Waals surface area contributed by atoms with Gasteiger partial charge in [0, 0.05) is 24.9 Å². The number of hydrogen-bond acceptors (Lipinski definition) is 3. The SMILES string of the molecule is CC(C)(C)c1ccc2c(n1)nc(C(C)(C)C)n1c3cc4c(cc3nc21)C1(C)CCC4(C)C1.[B]. The van der Waals surface area contributed by atoms with Crippen molar-refractivity contribution < 1.29 is 0 Å². The van der Waals surface area contributed by atoms with Crippen LogP contribution in [0.25, 0.3) is 27.7 Å². The Hall–Kier alpha value is -2.43. The Morgan fingerprint density at radius 1 is 0.818 bits per heavy atom. The van der Waals surface area contributed by atoms with Gasteiger partial charge in [0.05, 0.1) is 16.4 Å². The first-order valence-corrected chi connectivity index (χ1v) is 12.0. The van der Waals surface area contributed by atoms with Gasteiger partial charge in [-0.1, -0.05) is 55.4 Å². The van der Waals surface area contributed by atoms with Gasteiger partial charge in [0.2, 0.25) is 0 Å². The molecule has 1 aromatic carbocycles. The fraction of sp³-hybridized carbons (Fsp3) is 0.536. The molecule has 4 aromatic rings. The van der Waals surface area contributed by atoms with E-state index in [0.29, 0.717) is 5.41 Å². The van der Waals surface area contributed by atoms with Crippen LogP contribution in [0.1, 0.15) is 97.3 Å². The van der Waals surface area contributed by atoms with Crippen molar-refractivity contribution in [2.75, 3.05) is 0 Å². The third-order valence-corrected chi connectivity index (χ3v) is 8.08. The maximum atomic E-state index is 5.21. The van der Waals surface area contributed by atoms with Crippen LogP contribution >= 0.6 is 0 Å². The first-order chi connectivity index (χ1) is 14.8. The lowest BCUT2D eigenvalue weighted by Gasteiger charge is -2.27. The highest BCUT2D eigenvalue weighted by atomic mass is 15.1. The highest BCUT2D eigenvalue weighted by molar-refractivity contribution is 5.96. The summed E-state index contributed by atoms with van der Waals surface area (Å²) < 4.78 is 2.31. The first-order valence-electron chi connectivity index (χ1n) is 12.0. The van der Waals surface area contributed by atoms with Gasteiger partial charge in [-0.3, -0.25) is 4.40 Å². The monoisotopic (exact) mass is 437 g/mol. The third kappa shape index (κ3) is 2.93. The topological polar surface area (TPSA) is 43.1 Å². The standard InChI is InChI=1S/C28H34N4.B/c1-25(2,3)21-10-9-16-22(30-21)31-24(26(4,5)6)32-20-14-18-17(13-19(20)29-23(16)32)27(7)11-12-28(18,8)15-27;/h9-10,13-14H,11-12,15H2,1-8H3;. The number of rotatable bonds is 0. The summed E-state index contributed by atoms with van der Waals surface area (Å²) in [7, 11) is 0. The van der Waals surface area contributed by atoms with E-state index in [0.717, 1.165) is 33.7 Å². The molecule has 3 heterocycles. The zero-order valence-electron chi connectivity index (χ0n) is 21.3. The Kier molecular flexibility index (Phi) is 4.32. The highest BCUT2D eigenvalue weighted by Gasteiger charge is 2.53. The van der Waals surface area contributed by atoms with Crippen molar-refractivity contribution in [2.45, 2.75) is 96.3 Å². The van der Waals surface area contributed by atoms with E-state index in [1.807, 2.05) is 0 Å². The predicted molar refractivity (Wildman–Crippen MR) is 138 cm³/mol. The molecule has 2 atom stereocenters. The van der Waals surface area contributed by atoms with Crippen LogP contribution in [0.5, 0.6) is 0 Å². The zero-order valence-corrected chi connectivity index (χ0v) is 21.3. The van der Waals surface area contributed by atoms with Gasteiger partial charge in [-0.15, -0.1) is 0 Å². The maximum absolute atomic E-state index is 5.21. The van der Waals surface area contributed by atoms with E-state index in [4.69, 9.17) is 15.0 Å². The van der Waals surface area contributed by atoms with Crippen LogP contribution in [-0.4, -0.2) is 27.8 Å². The Labute approximate surface area is 198 Å². The van der Waals surface area contributed by atoms with Crippen molar-refractivity contribution in [2.24, 2.45) is 0 Å². The van der Waals surface area contributed by atoms with Gasteiger partial charge in [0.1, 0.15) is 5.82 Å². The average Bonchev–Trinajstić information content (AvgIpc) is 3.29. The van der Waals surface area contributed by atoms with E-state index in [-0.39, 0.29) is 24.7 Å². The first kappa shape index (κ1) is 22.4. The molecule has 3 aromatic heterocycles. The summed E-state index contributed by atoms with van der Waals surface area (Å²) in [5.41, 5.74) is 8.60. The molecule has 2 bridgehead atoms. The fourth-order valence-electron chi connectivity index (χ4n) is 6.35. The molecule has 0 spiro atoms. The van der Waals surface area contributed by atoms with E-state index >= 15 is 0 Å². The van der Waals surface area contributed by atoms with Gasteiger partial charge >= 0.3 is 0 Å². The molecule has 2 aliphatic rings. The quantitative estimate of drug-likeness (QED) is 0.301. The number of nitrogens with zero attached hydrogens (tertiary/aromatic N) is 4. The minimum atomic E-state index is -0.132. The molecule has 0 amide bonds. The van der Waals surface area contributed by atoms with Crippen LogP contribution in [0.15, 0.2) is 24.3 Å². The molecule has 2 unspecified atom stereocenters. The number of imidazole rings is 1. The van der Waals surface area contributed by atoms with Crippen LogP contribution in [-0.2, 0) is 21.7 Å². The molecule has 2 aliphatic carbocycles. The number of hydrogen-bond donors (Lipinski definition) is 0. The van der Waals surface area contributed by atoms with E-state index < -0.39 is 0 Å². The van der Waals surface area contributed by atoms with Crippen LogP contribution in [0.4, 0.5) is 0 Å². The lowest BCUT2D eigenvalue weighted by molar-refractivity contribution is 0.484. The molecule has 5 heteroatoms. The normalized spacial score (nSPS) is 24.6. The second-order valence-electron chi connectivity index (χ2n) is 13.0. The summed E-state index contributed by atoms with van der Waals surface area (Å²) in [5, 5.41) is 1.03. The Morgan fingerprint density at radius 2 is 1.45 bits per heavy atom. The molecule has 4 nitrogen and oxygen atoms in total. The molecule has 3 radical (unpaired) electrons. The minimum Gasteiger partial charge on any atom is -0.279 e. The summed E-state index contributed by atoms with van der Waals surface area (Å²) >= 11 is 0. The molecule has 1 fully saturated rings. The second kappa shape index (κ2) is 6.37. The summed E-state index contributed by atoms with van der Waals surface area (Å²) in [6, 6.07) is 9.14. The molecule has 6 rings (SSSR count). The largest absolute Gasteiger partial charge is 0.279 e. The van der Waals surface area contributed by atoms with Gasteiger partial charge in [0.15, 0.2) is 11.3 Å². The predicted octanol–water partition coefficient (Wildman–Crippen LogP) is 6.36. The van der Waals surface area contributed by atoms with Crippen molar-refractivity contribution >= 4 is 36.1 Å². The van der Waals surface area contributed by atoms with Gasteiger partial charge < -0.3 is 0 Å². The summed E-state index contributed by atoms with van der Waals surface area (Å²) in [6.45, 7) is 18.2. The Balaban J connectivity index is 0.00000228. The number of benzene rings is 1. The maximum Gasteiger partial charge on any atom is 0.165 e. The Morgan fingerprint density at radius 3 is 2.06 bits per heavy atom. The number of aromatic nitrogens is 4. The average molecular weight is 437 g/mol. The van der Waals surface area contributed by atoms with Crippen molar-refractivity contribution in [1.29, 1.82) is 0 Å². The highest BCUT2D eigenvalue weighted by Crippen LogP contribution is 2.61. The van der Waals surface area contributed by atoms with Crippen LogP contribution in [0, 0.1) is 0 Å². The Bertz CT molecular complexity index is 1450. The second-order valence-corrected chi connectivity index (χ2v) is 13.0. The van der Waals surface area contributed by atoms with Crippen molar-refractivity contribution in [3.05, 3.63) is 46.9 Å². The number of pyridine rings is 1. The van der Waals surface area contributed by atoms with Crippen molar-refractivity contribution in [3.63, 3.8) is 0 Å². The van der Waals surface area contributed by atoms with E-state index in [2.05, 4.69) is 84.1 Å². The zero-order chi connectivity index (χ0) is 22.8. The van der Waals surface area contributed by atoms with Gasteiger partial charge in [-0.25, -0.2) is 15.0 Å². The van der Waals surface area contributed by atoms with Crippen LogP contribution in [0.2, 0.25) is 0 Å². The lowest BCUT2D eigenvalue weighted by Crippen LogP contribution is -2.20. The van der Waals surface area contributed by atoms with Gasteiger partial charge in [-0.05, 0) is 65.5 Å². The van der Waals surface area contributed by atoms with E-state index in [1.165, 1.54) is 35.9 Å². The summed E-state index contributed by atoms with van der Waals surface area (Å²) in [6.07, 6.45) is 3.83. The van der Waals surface area contributed by atoms with Crippen LogP contribution < -0.4 is 0 Å². The van der Waals surface area contributed by atoms with Crippen molar-refractivity contribution in [3.8, 4) is 0 Å². The molecular formula is C28H34BN4. The van der Waals surface area contributed by atoms with Gasteiger partial charge in [0.25, 0.3) is 0 Å². The minimum absolute atomic E-state index is 0. The summed E-state index contributed by atoms with van der Waals surface area (Å²) in [4.78, 5) is 15.4. The lowest BCUT2D eigenvalue weighted by atomic mass is 9.78. The number of fused-ring (bicyclic) bond motifs is 10. The summed E-state index contributed by atoms with van der Waals surface area (Å²) in [5.74, 6) is 1.03. The molecule has 0 saturated heterocycles. The van der Waals surface area contributed by atoms with Crippen LogP contribution in [0.3, 0.4) is 0 Å².